The van der Waals surface area contributed by atoms with Crippen LogP contribution in [0.2, 0.25) is 0 Å². The highest BCUT2D eigenvalue weighted by atomic mass is 16.7. The number of nitrogens with one attached hydrogen (secondary N) is 1. The summed E-state index contributed by atoms with van der Waals surface area (Å²) in [4.78, 5) is 25.4. The van der Waals surface area contributed by atoms with Crippen molar-refractivity contribution in [3.63, 3.8) is 0 Å². The molecule has 0 fully saturated rings. The molecule has 0 saturated heterocycles. The average molecular weight is 292 g/mol. The third-order valence-corrected chi connectivity index (χ3v) is 3.60. The molecule has 0 unspecified atom stereocenters. The van der Waals surface area contributed by atoms with E-state index in [0.29, 0.717) is 35.8 Å². The smallest absolute Gasteiger partial charge is 0.257 e. The zero-order valence-corrected chi connectivity index (χ0v) is 11.9. The molecular weight excluding hydrogens is 276 g/mol. The fraction of sp³-hybridized carbons (Fsp3) is 0.429. The van der Waals surface area contributed by atoms with Crippen LogP contribution < -0.4 is 19.5 Å². The van der Waals surface area contributed by atoms with Gasteiger partial charge in [-0.1, -0.05) is 0 Å². The molecule has 0 radical (unpaired) electrons. The van der Waals surface area contributed by atoms with Crippen molar-refractivity contribution in [2.24, 2.45) is 0 Å². The number of carbonyl (C=O) groups is 2. The van der Waals surface area contributed by atoms with Crippen LogP contribution in [0.25, 0.3) is 0 Å². The van der Waals surface area contributed by atoms with Gasteiger partial charge in [0.05, 0.1) is 5.56 Å². The van der Waals surface area contributed by atoms with Crippen LogP contribution in [0.3, 0.4) is 0 Å². The van der Waals surface area contributed by atoms with Crippen molar-refractivity contribution in [3.8, 4) is 17.2 Å². The van der Waals surface area contributed by atoms with Gasteiger partial charge in [0.25, 0.3) is 11.8 Å². The zero-order chi connectivity index (χ0) is 15.0. The summed E-state index contributed by atoms with van der Waals surface area (Å²) < 4.78 is 16.3. The van der Waals surface area contributed by atoms with Crippen LogP contribution in [0.5, 0.6) is 17.2 Å². The Hall–Kier alpha value is -2.44. The molecule has 21 heavy (non-hydrogen) atoms. The van der Waals surface area contributed by atoms with Crippen molar-refractivity contribution < 1.29 is 23.8 Å². The van der Waals surface area contributed by atoms with E-state index in [1.165, 1.54) is 7.05 Å². The second kappa shape index (κ2) is 5.16. The summed E-state index contributed by atoms with van der Waals surface area (Å²) >= 11 is 0. The first-order valence-corrected chi connectivity index (χ1v) is 6.66. The SMILES string of the molecule is CNC(=O)COc1c2c(cc3c1C(=O)N(C)CC3)OCO2. The highest BCUT2D eigenvalue weighted by molar-refractivity contribution is 6.01. The number of hydrogen-bond donors (Lipinski definition) is 1. The van der Waals surface area contributed by atoms with Crippen molar-refractivity contribution in [1.29, 1.82) is 0 Å². The summed E-state index contributed by atoms with van der Waals surface area (Å²) in [6.45, 7) is 0.540. The van der Waals surface area contributed by atoms with E-state index in [9.17, 15) is 9.59 Å². The van der Waals surface area contributed by atoms with Crippen LogP contribution >= 0.6 is 0 Å². The van der Waals surface area contributed by atoms with Gasteiger partial charge in [-0.3, -0.25) is 9.59 Å². The zero-order valence-electron chi connectivity index (χ0n) is 11.9. The van der Waals surface area contributed by atoms with Crippen LogP contribution in [-0.4, -0.2) is 50.8 Å². The molecule has 1 aromatic rings. The fourth-order valence-electron chi connectivity index (χ4n) is 2.42. The summed E-state index contributed by atoms with van der Waals surface area (Å²) in [5, 5.41) is 2.47. The van der Waals surface area contributed by atoms with E-state index in [1.807, 2.05) is 6.07 Å². The maximum absolute atomic E-state index is 12.4. The lowest BCUT2D eigenvalue weighted by Crippen LogP contribution is -2.35. The Bertz CT molecular complexity index is 614. The highest BCUT2D eigenvalue weighted by Crippen LogP contribution is 2.46. The van der Waals surface area contributed by atoms with Crippen LogP contribution in [0.4, 0.5) is 0 Å². The Morgan fingerprint density at radius 1 is 1.48 bits per heavy atom. The summed E-state index contributed by atoms with van der Waals surface area (Å²) in [5.74, 6) is 0.817. The number of likely N-dealkylation sites (N-methyl/N-ethyl adjacent to an activating group) is 2. The number of rotatable bonds is 3. The Kier molecular flexibility index (Phi) is 3.32. The molecule has 7 nitrogen and oxygen atoms in total. The maximum atomic E-state index is 12.4. The van der Waals surface area contributed by atoms with E-state index in [4.69, 9.17) is 14.2 Å². The van der Waals surface area contributed by atoms with Gasteiger partial charge in [0.1, 0.15) is 0 Å². The Morgan fingerprint density at radius 3 is 3.05 bits per heavy atom. The minimum Gasteiger partial charge on any atom is -0.479 e. The molecule has 0 aromatic heterocycles. The number of benzene rings is 1. The van der Waals surface area contributed by atoms with Crippen molar-refractivity contribution in [2.75, 3.05) is 34.0 Å². The van der Waals surface area contributed by atoms with Crippen molar-refractivity contribution in [2.45, 2.75) is 6.42 Å². The van der Waals surface area contributed by atoms with E-state index in [1.54, 1.807) is 11.9 Å². The molecule has 3 rings (SSSR count). The Balaban J connectivity index is 2.05. The molecule has 2 aliphatic heterocycles. The second-order valence-corrected chi connectivity index (χ2v) is 4.91. The monoisotopic (exact) mass is 292 g/mol. The Morgan fingerprint density at radius 2 is 2.29 bits per heavy atom. The van der Waals surface area contributed by atoms with Crippen molar-refractivity contribution >= 4 is 11.8 Å². The molecule has 1 N–H and O–H groups in total. The van der Waals surface area contributed by atoms with E-state index >= 15 is 0 Å². The van der Waals surface area contributed by atoms with Crippen LogP contribution in [0.15, 0.2) is 6.07 Å². The summed E-state index contributed by atoms with van der Waals surface area (Å²) in [7, 11) is 3.26. The molecule has 0 aliphatic carbocycles. The average Bonchev–Trinajstić information content (AvgIpc) is 2.95. The number of carbonyl (C=O) groups excluding carboxylic acids is 2. The fourth-order valence-corrected chi connectivity index (χ4v) is 2.42. The lowest BCUT2D eigenvalue weighted by molar-refractivity contribution is -0.122. The quantitative estimate of drug-likeness (QED) is 0.859. The van der Waals surface area contributed by atoms with Gasteiger partial charge in [-0.25, -0.2) is 0 Å². The van der Waals surface area contributed by atoms with Gasteiger partial charge < -0.3 is 24.4 Å². The summed E-state index contributed by atoms with van der Waals surface area (Å²) in [6, 6.07) is 1.81. The molecule has 0 bridgehead atoms. The largest absolute Gasteiger partial charge is 0.479 e. The van der Waals surface area contributed by atoms with Crippen LogP contribution in [0, 0.1) is 0 Å². The van der Waals surface area contributed by atoms with Crippen LogP contribution in [-0.2, 0) is 11.2 Å². The van der Waals surface area contributed by atoms with E-state index in [0.717, 1.165) is 5.56 Å². The standard InChI is InChI=1S/C14H16N2O5/c1-15-10(17)6-19-13-11-8(3-4-16(2)14(11)18)5-9-12(13)21-7-20-9/h5H,3-4,6-7H2,1-2H3,(H,15,17). The minimum atomic E-state index is -0.281. The van der Waals surface area contributed by atoms with Crippen LogP contribution in [0.1, 0.15) is 15.9 Å². The number of fused-ring (bicyclic) bond motifs is 2. The maximum Gasteiger partial charge on any atom is 0.257 e. The van der Waals surface area contributed by atoms with Crippen molar-refractivity contribution in [1.82, 2.24) is 10.2 Å². The van der Waals surface area contributed by atoms with Gasteiger partial charge in [-0.2, -0.15) is 0 Å². The van der Waals surface area contributed by atoms with Gasteiger partial charge in [0.15, 0.2) is 18.1 Å². The van der Waals surface area contributed by atoms with Gasteiger partial charge in [-0.05, 0) is 18.1 Å². The molecule has 0 atom stereocenters. The summed E-state index contributed by atoms with van der Waals surface area (Å²) in [5.41, 5.74) is 1.31. The topological polar surface area (TPSA) is 77.1 Å². The molecule has 112 valence electrons. The van der Waals surface area contributed by atoms with Gasteiger partial charge in [0, 0.05) is 20.6 Å². The molecule has 2 heterocycles. The molecular formula is C14H16N2O5. The number of hydrogen-bond acceptors (Lipinski definition) is 5. The number of ether oxygens (including phenoxy) is 3. The molecule has 2 aliphatic rings. The first-order valence-electron chi connectivity index (χ1n) is 6.66. The lowest BCUT2D eigenvalue weighted by Gasteiger charge is -2.26. The first kappa shape index (κ1) is 13.5. The van der Waals surface area contributed by atoms with Gasteiger partial charge in [-0.15, -0.1) is 0 Å². The molecule has 0 spiro atoms. The highest BCUT2D eigenvalue weighted by Gasteiger charge is 2.33. The molecule has 7 heteroatoms. The Labute approximate surface area is 121 Å². The normalized spacial score (nSPS) is 15.7. The number of amides is 2. The van der Waals surface area contributed by atoms with Gasteiger partial charge >= 0.3 is 0 Å². The lowest BCUT2D eigenvalue weighted by atomic mass is 9.97. The molecule has 1 aromatic carbocycles. The predicted molar refractivity (Wildman–Crippen MR) is 72.8 cm³/mol. The predicted octanol–water partition coefficient (Wildman–Crippen LogP) is 0.168. The molecule has 0 saturated carbocycles. The van der Waals surface area contributed by atoms with Gasteiger partial charge in [0.2, 0.25) is 12.5 Å². The minimum absolute atomic E-state index is 0.0819. The third kappa shape index (κ3) is 2.24. The third-order valence-electron chi connectivity index (χ3n) is 3.60. The van der Waals surface area contributed by atoms with E-state index in [2.05, 4.69) is 5.32 Å². The first-order chi connectivity index (χ1) is 10.1. The van der Waals surface area contributed by atoms with E-state index < -0.39 is 0 Å². The molecule has 2 amide bonds. The second-order valence-electron chi connectivity index (χ2n) is 4.91. The summed E-state index contributed by atoms with van der Waals surface area (Å²) in [6.07, 6.45) is 0.713. The van der Waals surface area contributed by atoms with E-state index in [-0.39, 0.29) is 25.2 Å². The van der Waals surface area contributed by atoms with Crippen molar-refractivity contribution in [3.05, 3.63) is 17.2 Å². The number of nitrogens with zero attached hydrogens (tertiary/aromatic N) is 1.